The molecule has 0 spiro atoms. The molecule has 0 unspecified atom stereocenters. The van der Waals surface area contributed by atoms with Crippen LogP contribution in [0, 0.1) is 0 Å². The van der Waals surface area contributed by atoms with E-state index in [1.165, 1.54) is 44.9 Å². The van der Waals surface area contributed by atoms with Crippen LogP contribution in [-0.4, -0.2) is 15.9 Å². The number of aromatic nitrogens is 2. The van der Waals surface area contributed by atoms with Crippen LogP contribution in [0.25, 0.3) is 0 Å². The van der Waals surface area contributed by atoms with Crippen molar-refractivity contribution in [3.8, 4) is 0 Å². The van der Waals surface area contributed by atoms with Crippen molar-refractivity contribution in [2.45, 2.75) is 82.5 Å². The van der Waals surface area contributed by atoms with Crippen molar-refractivity contribution in [3.05, 3.63) is 11.7 Å². The number of rotatable bonds is 2. The van der Waals surface area contributed by atoms with Gasteiger partial charge in [-0.2, -0.15) is 4.98 Å². The van der Waals surface area contributed by atoms with Gasteiger partial charge in [-0.25, -0.2) is 0 Å². The summed E-state index contributed by atoms with van der Waals surface area (Å²) in [5, 5.41) is 4.24. The minimum absolute atomic E-state index is 0.308. The van der Waals surface area contributed by atoms with Crippen molar-refractivity contribution >= 4 is 5.78 Å². The molecule has 0 N–H and O–H groups in total. The number of ketones is 1. The van der Waals surface area contributed by atoms with Gasteiger partial charge in [-0.3, -0.25) is 4.79 Å². The van der Waals surface area contributed by atoms with E-state index in [0.29, 0.717) is 30.5 Å². The van der Waals surface area contributed by atoms with E-state index in [1.807, 2.05) is 0 Å². The van der Waals surface area contributed by atoms with E-state index >= 15 is 0 Å². The molecule has 20 heavy (non-hydrogen) atoms. The van der Waals surface area contributed by atoms with Crippen molar-refractivity contribution in [3.63, 3.8) is 0 Å². The maximum absolute atomic E-state index is 11.3. The average molecular weight is 276 g/mol. The van der Waals surface area contributed by atoms with Crippen LogP contribution in [0.1, 0.15) is 94.2 Å². The van der Waals surface area contributed by atoms with Crippen molar-refractivity contribution < 1.29 is 9.32 Å². The molecule has 0 aliphatic heterocycles. The van der Waals surface area contributed by atoms with E-state index in [1.54, 1.807) is 0 Å². The van der Waals surface area contributed by atoms with Gasteiger partial charge in [-0.1, -0.05) is 37.3 Å². The van der Waals surface area contributed by atoms with Crippen LogP contribution in [0.15, 0.2) is 4.52 Å². The quantitative estimate of drug-likeness (QED) is 0.815. The van der Waals surface area contributed by atoms with Crippen molar-refractivity contribution in [2.75, 3.05) is 0 Å². The molecule has 1 heterocycles. The minimum atomic E-state index is 0.308. The van der Waals surface area contributed by atoms with Crippen molar-refractivity contribution in [2.24, 2.45) is 0 Å². The molecule has 4 heteroatoms. The van der Waals surface area contributed by atoms with Gasteiger partial charge in [0.2, 0.25) is 5.89 Å². The average Bonchev–Trinajstić information content (AvgIpc) is 2.89. The number of Topliss-reactive ketones (excluding diaryl/α,β-unsaturated/α-hetero) is 1. The molecular weight excluding hydrogens is 252 g/mol. The summed E-state index contributed by atoms with van der Waals surface area (Å²) in [5.41, 5.74) is 0. The lowest BCUT2D eigenvalue weighted by Gasteiger charge is -2.17. The first kappa shape index (κ1) is 13.8. The monoisotopic (exact) mass is 276 g/mol. The summed E-state index contributed by atoms with van der Waals surface area (Å²) in [4.78, 5) is 16.0. The summed E-state index contributed by atoms with van der Waals surface area (Å²) in [6, 6.07) is 0. The second-order valence-corrected chi connectivity index (χ2v) is 6.35. The highest BCUT2D eigenvalue weighted by molar-refractivity contribution is 5.79. The molecule has 0 aromatic carbocycles. The standard InChI is InChI=1S/C16H24N2O2/c19-14-10-8-13(9-11-14)16-17-15(18-20-16)12-6-4-2-1-3-5-7-12/h12-13H,1-11H2. The summed E-state index contributed by atoms with van der Waals surface area (Å²) in [6.45, 7) is 0. The van der Waals surface area contributed by atoms with Gasteiger partial charge in [-0.15, -0.1) is 0 Å². The first-order chi connectivity index (χ1) is 9.83. The van der Waals surface area contributed by atoms with Gasteiger partial charge in [0.05, 0.1) is 0 Å². The van der Waals surface area contributed by atoms with Gasteiger partial charge in [0, 0.05) is 24.7 Å². The summed E-state index contributed by atoms with van der Waals surface area (Å²) in [5.74, 6) is 2.86. The Morgan fingerprint density at radius 2 is 1.50 bits per heavy atom. The second kappa shape index (κ2) is 6.51. The molecule has 2 saturated carbocycles. The van der Waals surface area contributed by atoms with Gasteiger partial charge in [0.1, 0.15) is 5.78 Å². The molecule has 0 radical (unpaired) electrons. The molecule has 4 nitrogen and oxygen atoms in total. The third kappa shape index (κ3) is 3.28. The van der Waals surface area contributed by atoms with Crippen LogP contribution in [0.2, 0.25) is 0 Å². The Bertz CT molecular complexity index is 437. The van der Waals surface area contributed by atoms with E-state index in [4.69, 9.17) is 4.52 Å². The second-order valence-electron chi connectivity index (χ2n) is 6.35. The first-order valence-electron chi connectivity index (χ1n) is 8.18. The lowest BCUT2D eigenvalue weighted by Crippen LogP contribution is -2.13. The Morgan fingerprint density at radius 1 is 0.850 bits per heavy atom. The predicted octanol–water partition coefficient (Wildman–Crippen LogP) is 4.12. The van der Waals surface area contributed by atoms with Gasteiger partial charge in [-0.05, 0) is 25.7 Å². The van der Waals surface area contributed by atoms with E-state index in [0.717, 1.165) is 24.6 Å². The van der Waals surface area contributed by atoms with E-state index in [9.17, 15) is 4.79 Å². The van der Waals surface area contributed by atoms with E-state index in [2.05, 4.69) is 10.1 Å². The van der Waals surface area contributed by atoms with Gasteiger partial charge in [0.15, 0.2) is 5.82 Å². The number of carbonyl (C=O) groups is 1. The van der Waals surface area contributed by atoms with Gasteiger partial charge < -0.3 is 4.52 Å². The van der Waals surface area contributed by atoms with E-state index in [-0.39, 0.29) is 0 Å². The highest BCUT2D eigenvalue weighted by Crippen LogP contribution is 2.33. The molecule has 0 bridgehead atoms. The van der Waals surface area contributed by atoms with Crippen LogP contribution in [0.4, 0.5) is 0 Å². The Kier molecular flexibility index (Phi) is 4.48. The fraction of sp³-hybridized carbons (Fsp3) is 0.812. The molecule has 0 saturated heterocycles. The number of hydrogen-bond acceptors (Lipinski definition) is 4. The zero-order chi connectivity index (χ0) is 13.8. The van der Waals surface area contributed by atoms with Crippen LogP contribution >= 0.6 is 0 Å². The highest BCUT2D eigenvalue weighted by atomic mass is 16.5. The zero-order valence-electron chi connectivity index (χ0n) is 12.1. The summed E-state index contributed by atoms with van der Waals surface area (Å²) >= 11 is 0. The number of nitrogens with zero attached hydrogens (tertiary/aromatic N) is 2. The summed E-state index contributed by atoms with van der Waals surface area (Å²) < 4.78 is 5.49. The minimum Gasteiger partial charge on any atom is -0.339 e. The topological polar surface area (TPSA) is 56.0 Å². The normalized spacial score (nSPS) is 23.5. The fourth-order valence-corrected chi connectivity index (χ4v) is 3.48. The Labute approximate surface area is 120 Å². The molecule has 1 aromatic rings. The third-order valence-electron chi connectivity index (χ3n) is 4.82. The lowest BCUT2D eigenvalue weighted by molar-refractivity contribution is -0.120. The molecular formula is C16H24N2O2. The molecule has 2 aliphatic carbocycles. The maximum atomic E-state index is 11.3. The van der Waals surface area contributed by atoms with Crippen LogP contribution in [0.5, 0.6) is 0 Å². The molecule has 0 amide bonds. The Morgan fingerprint density at radius 3 is 2.20 bits per heavy atom. The Hall–Kier alpha value is -1.19. The van der Waals surface area contributed by atoms with Crippen LogP contribution in [-0.2, 0) is 4.79 Å². The van der Waals surface area contributed by atoms with Crippen LogP contribution in [0.3, 0.4) is 0 Å². The fourth-order valence-electron chi connectivity index (χ4n) is 3.48. The molecule has 0 atom stereocenters. The molecule has 110 valence electrons. The maximum Gasteiger partial charge on any atom is 0.229 e. The Balaban J connectivity index is 1.64. The molecule has 2 fully saturated rings. The summed E-state index contributed by atoms with van der Waals surface area (Å²) in [6.07, 6.45) is 12.1. The first-order valence-corrected chi connectivity index (χ1v) is 8.18. The van der Waals surface area contributed by atoms with Gasteiger partial charge >= 0.3 is 0 Å². The highest BCUT2D eigenvalue weighted by Gasteiger charge is 2.26. The zero-order valence-corrected chi connectivity index (χ0v) is 12.1. The van der Waals surface area contributed by atoms with Crippen molar-refractivity contribution in [1.29, 1.82) is 0 Å². The molecule has 3 rings (SSSR count). The van der Waals surface area contributed by atoms with E-state index < -0.39 is 0 Å². The molecule has 1 aromatic heterocycles. The summed E-state index contributed by atoms with van der Waals surface area (Å²) in [7, 11) is 0. The predicted molar refractivity (Wildman–Crippen MR) is 75.6 cm³/mol. The van der Waals surface area contributed by atoms with Gasteiger partial charge in [0.25, 0.3) is 0 Å². The van der Waals surface area contributed by atoms with Crippen molar-refractivity contribution in [1.82, 2.24) is 10.1 Å². The smallest absolute Gasteiger partial charge is 0.229 e. The lowest BCUT2D eigenvalue weighted by atomic mass is 9.88. The largest absolute Gasteiger partial charge is 0.339 e. The SMILES string of the molecule is O=C1CCC(c2nc(C3CCCCCCC3)no2)CC1. The van der Waals surface area contributed by atoms with Crippen LogP contribution < -0.4 is 0 Å². The molecule has 2 aliphatic rings. The number of hydrogen-bond donors (Lipinski definition) is 0. The number of carbonyl (C=O) groups excluding carboxylic acids is 1. The third-order valence-corrected chi connectivity index (χ3v) is 4.82.